The van der Waals surface area contributed by atoms with Gasteiger partial charge in [-0.3, -0.25) is 4.79 Å². The van der Waals surface area contributed by atoms with Crippen LogP contribution in [-0.4, -0.2) is 65.5 Å². The molecule has 2 fully saturated rings. The number of anilines is 1. The van der Waals surface area contributed by atoms with Gasteiger partial charge in [-0.25, -0.2) is 9.59 Å². The number of carbonyl (C=O) groups is 2. The molecule has 1 unspecified atom stereocenters. The molecule has 2 aromatic rings. The molecule has 0 radical (unpaired) electrons. The topological polar surface area (TPSA) is 101 Å². The van der Waals surface area contributed by atoms with Gasteiger partial charge in [-0.15, -0.1) is 0 Å². The molecule has 4 heterocycles. The van der Waals surface area contributed by atoms with Crippen molar-refractivity contribution in [3.8, 4) is 17.0 Å². The summed E-state index contributed by atoms with van der Waals surface area (Å²) >= 11 is 0. The Bertz CT molecular complexity index is 1380. The number of carboxylic acid groups (broad SMARTS) is 1. The van der Waals surface area contributed by atoms with Crippen LogP contribution in [0.5, 0.6) is 5.75 Å². The maximum atomic E-state index is 12.7. The number of likely N-dealkylation sites (tertiary alicyclic amines) is 1. The van der Waals surface area contributed by atoms with Crippen molar-refractivity contribution in [1.82, 2.24) is 9.47 Å². The molecular formula is C31H41N3O6. The molecule has 2 saturated heterocycles. The number of aromatic nitrogens is 1. The lowest BCUT2D eigenvalue weighted by Gasteiger charge is -2.40. The standard InChI is InChI=1S/C31H41N3O6/c1-19(2)23-13-20-14-25(27(39-6)15-21(20)24-16-26(35)22(28(36)37)17-34(23)24)33-12-9-31(18-33)7-10-32(11-8-31)29(38)40-30(3,4)5/h14-17,19,23H,7-13,18H2,1-6H3,(H,36,37). The summed E-state index contributed by atoms with van der Waals surface area (Å²) < 4.78 is 13.4. The number of hydrogen-bond donors (Lipinski definition) is 1. The number of hydrogen-bond acceptors (Lipinski definition) is 6. The Morgan fingerprint density at radius 2 is 1.75 bits per heavy atom. The Labute approximate surface area is 235 Å². The zero-order chi connectivity index (χ0) is 29.0. The second-order valence-electron chi connectivity index (χ2n) is 13.0. The molecule has 40 heavy (non-hydrogen) atoms. The lowest BCUT2D eigenvalue weighted by Crippen LogP contribution is -2.46. The first-order valence-electron chi connectivity index (χ1n) is 14.2. The van der Waals surface area contributed by atoms with Crippen LogP contribution >= 0.6 is 0 Å². The highest BCUT2D eigenvalue weighted by Gasteiger charge is 2.43. The largest absolute Gasteiger partial charge is 0.495 e. The number of rotatable bonds is 4. The maximum Gasteiger partial charge on any atom is 0.410 e. The molecule has 0 saturated carbocycles. The smallest absolute Gasteiger partial charge is 0.410 e. The molecule has 0 bridgehead atoms. The van der Waals surface area contributed by atoms with Gasteiger partial charge in [-0.05, 0) is 75.5 Å². The maximum absolute atomic E-state index is 12.7. The van der Waals surface area contributed by atoms with Gasteiger partial charge in [0.05, 0.1) is 18.5 Å². The predicted molar refractivity (Wildman–Crippen MR) is 154 cm³/mol. The number of benzene rings is 1. The van der Waals surface area contributed by atoms with Crippen molar-refractivity contribution in [2.75, 3.05) is 38.2 Å². The van der Waals surface area contributed by atoms with E-state index in [0.29, 0.717) is 13.1 Å². The summed E-state index contributed by atoms with van der Waals surface area (Å²) in [6.07, 6.45) is 4.94. The summed E-state index contributed by atoms with van der Waals surface area (Å²) in [4.78, 5) is 41.2. The van der Waals surface area contributed by atoms with Crippen LogP contribution in [0.2, 0.25) is 0 Å². The average Bonchev–Trinajstić information content (AvgIpc) is 3.29. The number of ether oxygens (including phenoxy) is 2. The number of nitrogens with zero attached hydrogens (tertiary/aromatic N) is 3. The van der Waals surface area contributed by atoms with Crippen LogP contribution < -0.4 is 15.1 Å². The van der Waals surface area contributed by atoms with Crippen LogP contribution in [-0.2, 0) is 11.2 Å². The van der Waals surface area contributed by atoms with Crippen molar-refractivity contribution in [3.63, 3.8) is 0 Å². The molecule has 1 aromatic heterocycles. The highest BCUT2D eigenvalue weighted by molar-refractivity contribution is 5.88. The molecule has 9 heteroatoms. The molecule has 1 amide bonds. The second-order valence-corrected chi connectivity index (χ2v) is 13.0. The lowest BCUT2D eigenvalue weighted by atomic mass is 9.78. The fourth-order valence-corrected chi connectivity index (χ4v) is 6.55. The number of methoxy groups -OCH3 is 1. The highest BCUT2D eigenvalue weighted by atomic mass is 16.6. The van der Waals surface area contributed by atoms with Gasteiger partial charge in [0, 0.05) is 50.0 Å². The molecule has 216 valence electrons. The van der Waals surface area contributed by atoms with E-state index < -0.39 is 17.0 Å². The van der Waals surface area contributed by atoms with E-state index in [4.69, 9.17) is 9.47 Å². The van der Waals surface area contributed by atoms with Gasteiger partial charge in [0.15, 0.2) is 5.43 Å². The Morgan fingerprint density at radius 1 is 1.07 bits per heavy atom. The minimum atomic E-state index is -1.21. The summed E-state index contributed by atoms with van der Waals surface area (Å²) in [7, 11) is 1.66. The molecule has 1 spiro atoms. The van der Waals surface area contributed by atoms with E-state index >= 15 is 0 Å². The Balaban J connectivity index is 1.42. The van der Waals surface area contributed by atoms with E-state index in [1.807, 2.05) is 36.3 Å². The molecule has 1 aromatic carbocycles. The van der Waals surface area contributed by atoms with Gasteiger partial charge in [-0.1, -0.05) is 13.8 Å². The zero-order valence-corrected chi connectivity index (χ0v) is 24.5. The molecule has 1 N–H and O–H groups in total. The number of carboxylic acids is 1. The quantitative estimate of drug-likeness (QED) is 0.557. The number of carbonyl (C=O) groups excluding carboxylic acids is 1. The van der Waals surface area contributed by atoms with Crippen molar-refractivity contribution in [1.29, 1.82) is 0 Å². The Morgan fingerprint density at radius 3 is 2.35 bits per heavy atom. The Hall–Kier alpha value is -3.49. The average molecular weight is 552 g/mol. The first-order chi connectivity index (χ1) is 18.8. The number of piperidine rings is 1. The van der Waals surface area contributed by atoms with Gasteiger partial charge >= 0.3 is 12.1 Å². The summed E-state index contributed by atoms with van der Waals surface area (Å²) in [6.45, 7) is 13.1. The van der Waals surface area contributed by atoms with E-state index in [0.717, 1.165) is 67.0 Å². The number of amides is 1. The third-order valence-corrected chi connectivity index (χ3v) is 8.80. The first kappa shape index (κ1) is 28.1. The van der Waals surface area contributed by atoms with Gasteiger partial charge in [0.25, 0.3) is 0 Å². The zero-order valence-electron chi connectivity index (χ0n) is 24.5. The fourth-order valence-electron chi connectivity index (χ4n) is 6.55. The molecule has 1 atom stereocenters. The van der Waals surface area contributed by atoms with Crippen molar-refractivity contribution < 1.29 is 24.2 Å². The molecule has 0 aliphatic carbocycles. The van der Waals surface area contributed by atoms with Gasteiger partial charge < -0.3 is 28.9 Å². The van der Waals surface area contributed by atoms with Gasteiger partial charge in [-0.2, -0.15) is 0 Å². The van der Waals surface area contributed by atoms with E-state index in [9.17, 15) is 19.5 Å². The van der Waals surface area contributed by atoms with Gasteiger partial charge in [0.1, 0.15) is 16.9 Å². The third kappa shape index (κ3) is 5.18. The predicted octanol–water partition coefficient (Wildman–Crippen LogP) is 5.20. The van der Waals surface area contributed by atoms with Crippen LogP contribution in [0.25, 0.3) is 11.3 Å². The molecule has 3 aliphatic rings. The van der Waals surface area contributed by atoms with Crippen molar-refractivity contribution in [2.24, 2.45) is 11.3 Å². The molecule has 5 rings (SSSR count). The summed E-state index contributed by atoms with van der Waals surface area (Å²) in [5, 5.41) is 9.55. The van der Waals surface area contributed by atoms with Crippen LogP contribution in [0.15, 0.2) is 29.2 Å². The molecular weight excluding hydrogens is 510 g/mol. The van der Waals surface area contributed by atoms with Crippen LogP contribution in [0.3, 0.4) is 0 Å². The van der Waals surface area contributed by atoms with Crippen molar-refractivity contribution in [2.45, 2.75) is 71.9 Å². The third-order valence-electron chi connectivity index (χ3n) is 8.80. The molecule has 3 aliphatic heterocycles. The lowest BCUT2D eigenvalue weighted by molar-refractivity contribution is 0.0121. The highest BCUT2D eigenvalue weighted by Crippen LogP contribution is 2.47. The SMILES string of the molecule is COc1cc2c(cc1N1CCC3(CCN(C(=O)OC(C)(C)C)CC3)C1)CC(C(C)C)n1cc(C(=O)O)c(=O)cc1-2. The Kier molecular flexibility index (Phi) is 7.13. The monoisotopic (exact) mass is 551 g/mol. The number of fused-ring (bicyclic) bond motifs is 3. The van der Waals surface area contributed by atoms with Crippen molar-refractivity contribution >= 4 is 17.7 Å². The van der Waals surface area contributed by atoms with Crippen LogP contribution in [0.1, 0.15) is 75.8 Å². The summed E-state index contributed by atoms with van der Waals surface area (Å²) in [5.41, 5.74) is 2.77. The van der Waals surface area contributed by atoms with E-state index in [1.54, 1.807) is 7.11 Å². The van der Waals surface area contributed by atoms with Gasteiger partial charge in [0.2, 0.25) is 0 Å². The van der Waals surface area contributed by atoms with E-state index in [1.165, 1.54) is 12.3 Å². The van der Waals surface area contributed by atoms with Crippen LogP contribution in [0, 0.1) is 11.3 Å². The number of aromatic carboxylic acids is 1. The minimum absolute atomic E-state index is 0.0320. The normalized spacial score (nSPS) is 19.9. The fraction of sp³-hybridized carbons (Fsp3) is 0.581. The van der Waals surface area contributed by atoms with E-state index in [-0.39, 0.29) is 29.0 Å². The number of pyridine rings is 1. The second kappa shape index (κ2) is 10.2. The summed E-state index contributed by atoms with van der Waals surface area (Å²) in [6, 6.07) is 5.70. The van der Waals surface area contributed by atoms with Crippen molar-refractivity contribution in [3.05, 3.63) is 45.7 Å². The minimum Gasteiger partial charge on any atom is -0.495 e. The van der Waals surface area contributed by atoms with E-state index in [2.05, 4.69) is 24.8 Å². The van der Waals surface area contributed by atoms with Crippen LogP contribution in [0.4, 0.5) is 10.5 Å². The first-order valence-corrected chi connectivity index (χ1v) is 14.2. The summed E-state index contributed by atoms with van der Waals surface area (Å²) in [5.74, 6) is -0.223. The molecule has 9 nitrogen and oxygen atoms in total.